The summed E-state index contributed by atoms with van der Waals surface area (Å²) in [6.07, 6.45) is 0. The fourth-order valence-corrected chi connectivity index (χ4v) is 7.27. The molecule has 0 spiro atoms. The zero-order chi connectivity index (χ0) is 29.0. The first kappa shape index (κ1) is 24.6. The molecule has 202 valence electrons. The van der Waals surface area contributed by atoms with Crippen LogP contribution < -0.4 is 5.43 Å². The van der Waals surface area contributed by atoms with Crippen molar-refractivity contribution in [2.24, 2.45) is 0 Å². The van der Waals surface area contributed by atoms with Crippen LogP contribution in [0.25, 0.3) is 49.4 Å². The highest BCUT2D eigenvalue weighted by atomic mass is 16.3. The Labute approximate surface area is 243 Å². The molecule has 8 rings (SSSR count). The minimum absolute atomic E-state index is 0.104. The lowest BCUT2D eigenvalue weighted by atomic mass is 9.60. The first-order valence-corrected chi connectivity index (χ1v) is 14.3. The Kier molecular flexibility index (Phi) is 4.82. The van der Waals surface area contributed by atoms with E-state index in [0.29, 0.717) is 27.5 Å². The van der Waals surface area contributed by atoms with Gasteiger partial charge in [-0.05, 0) is 70.8 Å². The highest BCUT2D eigenvalue weighted by Crippen LogP contribution is 2.51. The molecule has 7 aromatic rings. The molecule has 1 aliphatic rings. The van der Waals surface area contributed by atoms with Crippen LogP contribution in [-0.4, -0.2) is 4.57 Å². The largest absolute Gasteiger partial charge is 0.454 e. The van der Waals surface area contributed by atoms with Crippen LogP contribution >= 0.6 is 0 Å². The standard InChI is InChI=1S/C38H28N2O2/c1-37(2)28-17-16-23(40-32-14-7-5-11-24(32)25-12-6-8-15-33(25)40)18-29(28)38(3,4)31-20-34-27(19-30(31)37)35(41)26-13-9-10-22(21-39)36(26)42-34/h5-20H,1-4H3. The van der Waals surface area contributed by atoms with Gasteiger partial charge in [-0.15, -0.1) is 0 Å². The van der Waals surface area contributed by atoms with E-state index in [2.05, 4.69) is 105 Å². The fraction of sp³-hybridized carbons (Fsp3) is 0.158. The molecular formula is C38H28N2O2. The highest BCUT2D eigenvalue weighted by molar-refractivity contribution is 6.09. The van der Waals surface area contributed by atoms with Crippen LogP contribution in [0.3, 0.4) is 0 Å². The lowest BCUT2D eigenvalue weighted by Gasteiger charge is -2.44. The fourth-order valence-electron chi connectivity index (χ4n) is 7.27. The van der Waals surface area contributed by atoms with Gasteiger partial charge in [-0.25, -0.2) is 0 Å². The average molecular weight is 545 g/mol. The molecule has 2 aromatic heterocycles. The smallest absolute Gasteiger partial charge is 0.200 e. The summed E-state index contributed by atoms with van der Waals surface area (Å²) >= 11 is 0. The Bertz CT molecular complexity index is 2340. The Morgan fingerprint density at radius 3 is 1.93 bits per heavy atom. The highest BCUT2D eigenvalue weighted by Gasteiger charge is 2.42. The Balaban J connectivity index is 1.41. The summed E-state index contributed by atoms with van der Waals surface area (Å²) in [5.41, 5.74) is 8.64. The third-order valence-corrected chi connectivity index (χ3v) is 9.49. The van der Waals surface area contributed by atoms with E-state index in [0.717, 1.165) is 16.8 Å². The van der Waals surface area contributed by atoms with Gasteiger partial charge in [0.05, 0.1) is 27.4 Å². The van der Waals surface area contributed by atoms with Gasteiger partial charge in [0.15, 0.2) is 5.58 Å². The summed E-state index contributed by atoms with van der Waals surface area (Å²) in [6, 6.07) is 35.4. The zero-order valence-electron chi connectivity index (χ0n) is 23.9. The minimum atomic E-state index is -0.370. The second kappa shape index (κ2) is 8.21. The second-order valence-electron chi connectivity index (χ2n) is 12.5. The van der Waals surface area contributed by atoms with Crippen LogP contribution in [0, 0.1) is 11.3 Å². The summed E-state index contributed by atoms with van der Waals surface area (Å²) in [5.74, 6) is 0. The summed E-state index contributed by atoms with van der Waals surface area (Å²) in [6.45, 7) is 8.98. The Morgan fingerprint density at radius 1 is 0.643 bits per heavy atom. The lowest BCUT2D eigenvalue weighted by Crippen LogP contribution is -2.36. The molecule has 4 heteroatoms. The van der Waals surface area contributed by atoms with Gasteiger partial charge < -0.3 is 8.98 Å². The van der Waals surface area contributed by atoms with Crippen molar-refractivity contribution in [3.05, 3.63) is 135 Å². The minimum Gasteiger partial charge on any atom is -0.454 e. The molecule has 0 radical (unpaired) electrons. The number of nitriles is 1. The van der Waals surface area contributed by atoms with Crippen molar-refractivity contribution >= 4 is 43.7 Å². The molecule has 5 aromatic carbocycles. The van der Waals surface area contributed by atoms with Crippen LogP contribution in [0.4, 0.5) is 0 Å². The van der Waals surface area contributed by atoms with E-state index in [1.807, 2.05) is 12.1 Å². The number of hydrogen-bond donors (Lipinski definition) is 0. The van der Waals surface area contributed by atoms with E-state index in [4.69, 9.17) is 4.42 Å². The van der Waals surface area contributed by atoms with Gasteiger partial charge in [0.1, 0.15) is 11.7 Å². The molecule has 0 fully saturated rings. The van der Waals surface area contributed by atoms with E-state index >= 15 is 0 Å². The maximum Gasteiger partial charge on any atom is 0.200 e. The first-order valence-electron chi connectivity index (χ1n) is 14.3. The summed E-state index contributed by atoms with van der Waals surface area (Å²) < 4.78 is 8.68. The van der Waals surface area contributed by atoms with Gasteiger partial charge in [0.25, 0.3) is 0 Å². The van der Waals surface area contributed by atoms with E-state index in [1.165, 1.54) is 32.9 Å². The van der Waals surface area contributed by atoms with Crippen LogP contribution in [0.5, 0.6) is 0 Å². The normalized spacial score (nSPS) is 15.1. The van der Waals surface area contributed by atoms with Crippen molar-refractivity contribution < 1.29 is 4.42 Å². The van der Waals surface area contributed by atoms with Gasteiger partial charge in [0.2, 0.25) is 5.43 Å². The predicted molar refractivity (Wildman–Crippen MR) is 170 cm³/mol. The third kappa shape index (κ3) is 3.08. The van der Waals surface area contributed by atoms with Crippen LogP contribution in [0.2, 0.25) is 0 Å². The lowest BCUT2D eigenvalue weighted by molar-refractivity contribution is 0.519. The maximum absolute atomic E-state index is 13.7. The molecule has 0 bridgehead atoms. The van der Waals surface area contributed by atoms with Crippen LogP contribution in [0.1, 0.15) is 55.5 Å². The number of aromatic nitrogens is 1. The van der Waals surface area contributed by atoms with Crippen molar-refractivity contribution in [1.29, 1.82) is 5.26 Å². The van der Waals surface area contributed by atoms with Crippen molar-refractivity contribution in [2.75, 3.05) is 0 Å². The predicted octanol–water partition coefficient (Wildman–Crippen LogP) is 8.88. The summed E-state index contributed by atoms with van der Waals surface area (Å²) in [5, 5.41) is 13.1. The molecule has 0 atom stereocenters. The number of fused-ring (bicyclic) bond motifs is 7. The van der Waals surface area contributed by atoms with Gasteiger partial charge in [-0.1, -0.05) is 76.2 Å². The van der Waals surface area contributed by atoms with Crippen molar-refractivity contribution in [3.8, 4) is 11.8 Å². The molecule has 42 heavy (non-hydrogen) atoms. The third-order valence-electron chi connectivity index (χ3n) is 9.49. The Morgan fingerprint density at radius 2 is 1.24 bits per heavy atom. The Hall–Kier alpha value is -5.14. The molecule has 0 saturated heterocycles. The number of para-hydroxylation sites is 3. The van der Waals surface area contributed by atoms with Crippen molar-refractivity contribution in [1.82, 2.24) is 4.57 Å². The van der Waals surface area contributed by atoms with Crippen molar-refractivity contribution in [2.45, 2.75) is 38.5 Å². The number of nitrogens with zero attached hydrogens (tertiary/aromatic N) is 2. The molecule has 0 aliphatic heterocycles. The molecule has 0 saturated carbocycles. The van der Waals surface area contributed by atoms with Crippen LogP contribution in [0.15, 0.2) is 106 Å². The van der Waals surface area contributed by atoms with E-state index < -0.39 is 0 Å². The SMILES string of the molecule is CC1(C)c2cc(-n3c4ccccc4c4ccccc43)ccc2C(C)(C)c2cc3c(=O)c4cccc(C#N)c4oc3cc21. The van der Waals surface area contributed by atoms with Gasteiger partial charge in [-0.2, -0.15) is 5.26 Å². The number of benzene rings is 5. The van der Waals surface area contributed by atoms with Crippen molar-refractivity contribution in [3.63, 3.8) is 0 Å². The molecular weight excluding hydrogens is 516 g/mol. The topological polar surface area (TPSA) is 58.9 Å². The average Bonchev–Trinajstić information content (AvgIpc) is 3.34. The molecule has 0 amide bonds. The van der Waals surface area contributed by atoms with E-state index in [9.17, 15) is 10.1 Å². The molecule has 2 heterocycles. The summed E-state index contributed by atoms with van der Waals surface area (Å²) in [4.78, 5) is 13.7. The molecule has 0 N–H and O–H groups in total. The molecule has 0 unspecified atom stereocenters. The van der Waals surface area contributed by atoms with Crippen LogP contribution in [-0.2, 0) is 10.8 Å². The van der Waals surface area contributed by atoms with E-state index in [1.54, 1.807) is 18.2 Å². The maximum atomic E-state index is 13.7. The van der Waals surface area contributed by atoms with E-state index in [-0.39, 0.29) is 16.3 Å². The van der Waals surface area contributed by atoms with Gasteiger partial charge in [0, 0.05) is 27.3 Å². The first-order chi connectivity index (χ1) is 20.2. The quantitative estimate of drug-likeness (QED) is 0.194. The molecule has 4 nitrogen and oxygen atoms in total. The zero-order valence-corrected chi connectivity index (χ0v) is 23.9. The molecule has 1 aliphatic carbocycles. The monoisotopic (exact) mass is 544 g/mol. The number of rotatable bonds is 1. The van der Waals surface area contributed by atoms with Gasteiger partial charge in [-0.3, -0.25) is 4.79 Å². The van der Waals surface area contributed by atoms with Gasteiger partial charge >= 0.3 is 0 Å². The number of hydrogen-bond acceptors (Lipinski definition) is 3. The second-order valence-corrected chi connectivity index (χ2v) is 12.5. The summed E-state index contributed by atoms with van der Waals surface area (Å²) in [7, 11) is 0.